The van der Waals surface area contributed by atoms with Crippen LogP contribution in [0.5, 0.6) is 5.88 Å². The molecule has 1 aliphatic rings. The number of pyridine rings is 1. The van der Waals surface area contributed by atoms with E-state index in [1.807, 2.05) is 25.1 Å². The van der Waals surface area contributed by atoms with Gasteiger partial charge in [-0.25, -0.2) is 9.78 Å². The summed E-state index contributed by atoms with van der Waals surface area (Å²) in [5.41, 5.74) is 2.22. The van der Waals surface area contributed by atoms with Crippen LogP contribution in [-0.2, 0) is 13.1 Å². The van der Waals surface area contributed by atoms with Crippen LogP contribution in [-0.4, -0.2) is 41.7 Å². The summed E-state index contributed by atoms with van der Waals surface area (Å²) in [6.45, 7) is 5.84. The fraction of sp³-hybridized carbons (Fsp3) is 0.429. The Kier molecular flexibility index (Phi) is 7.04. The molecule has 0 bridgehead atoms. The molecule has 0 aliphatic carbocycles. The van der Waals surface area contributed by atoms with Crippen LogP contribution in [0.2, 0.25) is 0 Å². The summed E-state index contributed by atoms with van der Waals surface area (Å²) in [5, 5.41) is 6.00. The first-order chi connectivity index (χ1) is 13.2. The zero-order valence-electron chi connectivity index (χ0n) is 15.9. The third-order valence-electron chi connectivity index (χ3n) is 4.74. The van der Waals surface area contributed by atoms with E-state index < -0.39 is 0 Å². The van der Waals surface area contributed by atoms with Crippen molar-refractivity contribution in [3.63, 3.8) is 0 Å². The van der Waals surface area contributed by atoms with Crippen molar-refractivity contribution in [3.8, 4) is 5.88 Å². The van der Waals surface area contributed by atoms with E-state index in [-0.39, 0.29) is 12.1 Å². The average molecular weight is 368 g/mol. The summed E-state index contributed by atoms with van der Waals surface area (Å²) in [7, 11) is 0. The second kappa shape index (κ2) is 9.92. The Morgan fingerprint density at radius 3 is 2.70 bits per heavy atom. The van der Waals surface area contributed by atoms with Gasteiger partial charge in [0, 0.05) is 44.0 Å². The van der Waals surface area contributed by atoms with Crippen LogP contribution in [0.25, 0.3) is 0 Å². The lowest BCUT2D eigenvalue weighted by molar-refractivity contribution is 0.186. The van der Waals surface area contributed by atoms with Crippen molar-refractivity contribution in [2.75, 3.05) is 19.7 Å². The summed E-state index contributed by atoms with van der Waals surface area (Å²) >= 11 is 0. The zero-order chi connectivity index (χ0) is 18.9. The standard InChI is InChI=1S/C21H28N4O2/c1-2-27-20-18(9-6-12-22-20)15-23-21(26)24-19-10-13-25(14-11-19)16-17-7-4-3-5-8-17/h3-9,12,19H,2,10-11,13-16H2,1H3,(H2,23,24,26). The van der Waals surface area contributed by atoms with Crippen molar-refractivity contribution in [1.82, 2.24) is 20.5 Å². The third kappa shape index (κ3) is 5.96. The first kappa shape index (κ1) is 19.2. The molecule has 3 rings (SSSR count). The number of nitrogens with one attached hydrogen (secondary N) is 2. The van der Waals surface area contributed by atoms with Crippen LogP contribution in [0.1, 0.15) is 30.9 Å². The van der Waals surface area contributed by atoms with E-state index in [2.05, 4.69) is 44.8 Å². The molecule has 1 fully saturated rings. The molecule has 1 saturated heterocycles. The smallest absolute Gasteiger partial charge is 0.315 e. The normalized spacial score (nSPS) is 15.3. The van der Waals surface area contributed by atoms with Gasteiger partial charge in [-0.05, 0) is 31.4 Å². The topological polar surface area (TPSA) is 66.5 Å². The second-order valence-corrected chi connectivity index (χ2v) is 6.76. The maximum atomic E-state index is 12.2. The Labute approximate surface area is 160 Å². The average Bonchev–Trinajstić information content (AvgIpc) is 2.70. The highest BCUT2D eigenvalue weighted by atomic mass is 16.5. The highest BCUT2D eigenvalue weighted by Gasteiger charge is 2.20. The first-order valence-corrected chi connectivity index (χ1v) is 9.62. The second-order valence-electron chi connectivity index (χ2n) is 6.76. The molecule has 1 aliphatic heterocycles. The van der Waals surface area contributed by atoms with E-state index in [1.54, 1.807) is 6.20 Å². The Morgan fingerprint density at radius 1 is 1.19 bits per heavy atom. The molecule has 6 heteroatoms. The summed E-state index contributed by atoms with van der Waals surface area (Å²) in [6, 6.07) is 14.4. The maximum Gasteiger partial charge on any atom is 0.315 e. The van der Waals surface area contributed by atoms with Gasteiger partial charge in [-0.2, -0.15) is 0 Å². The molecule has 0 atom stereocenters. The number of piperidine rings is 1. The highest BCUT2D eigenvalue weighted by molar-refractivity contribution is 5.74. The van der Waals surface area contributed by atoms with Gasteiger partial charge in [0.15, 0.2) is 0 Å². The van der Waals surface area contributed by atoms with Gasteiger partial charge < -0.3 is 15.4 Å². The van der Waals surface area contributed by atoms with Gasteiger partial charge in [0.2, 0.25) is 5.88 Å². The number of benzene rings is 1. The molecule has 2 N–H and O–H groups in total. The molecule has 1 aromatic heterocycles. The number of carbonyl (C=O) groups is 1. The van der Waals surface area contributed by atoms with Gasteiger partial charge in [-0.15, -0.1) is 0 Å². The Hall–Kier alpha value is -2.60. The van der Waals surface area contributed by atoms with Crippen LogP contribution >= 0.6 is 0 Å². The van der Waals surface area contributed by atoms with Gasteiger partial charge in [0.1, 0.15) is 0 Å². The van der Waals surface area contributed by atoms with Crippen molar-refractivity contribution in [2.24, 2.45) is 0 Å². The molecule has 2 aromatic rings. The van der Waals surface area contributed by atoms with Crippen molar-refractivity contribution < 1.29 is 9.53 Å². The van der Waals surface area contributed by atoms with Crippen LogP contribution in [0.15, 0.2) is 48.7 Å². The molecule has 6 nitrogen and oxygen atoms in total. The lowest BCUT2D eigenvalue weighted by Crippen LogP contribution is -2.47. The van der Waals surface area contributed by atoms with E-state index in [1.165, 1.54) is 5.56 Å². The first-order valence-electron chi connectivity index (χ1n) is 9.62. The Balaban J connectivity index is 1.39. The van der Waals surface area contributed by atoms with Crippen LogP contribution in [0.4, 0.5) is 4.79 Å². The number of amides is 2. The minimum atomic E-state index is -0.136. The lowest BCUT2D eigenvalue weighted by atomic mass is 10.0. The zero-order valence-corrected chi connectivity index (χ0v) is 15.9. The monoisotopic (exact) mass is 368 g/mol. The Morgan fingerprint density at radius 2 is 1.96 bits per heavy atom. The van der Waals surface area contributed by atoms with Gasteiger partial charge in [0.25, 0.3) is 0 Å². The molecule has 0 spiro atoms. The van der Waals surface area contributed by atoms with E-state index >= 15 is 0 Å². The number of rotatable bonds is 7. The Bertz CT molecular complexity index is 715. The fourth-order valence-corrected chi connectivity index (χ4v) is 3.31. The van der Waals surface area contributed by atoms with Crippen LogP contribution in [0, 0.1) is 0 Å². The number of likely N-dealkylation sites (tertiary alicyclic amines) is 1. The lowest BCUT2D eigenvalue weighted by Gasteiger charge is -2.32. The van der Waals surface area contributed by atoms with Gasteiger partial charge >= 0.3 is 6.03 Å². The van der Waals surface area contributed by atoms with Gasteiger partial charge in [-0.1, -0.05) is 36.4 Å². The number of urea groups is 1. The summed E-state index contributed by atoms with van der Waals surface area (Å²) in [5.74, 6) is 0.578. The van der Waals surface area contributed by atoms with Crippen LogP contribution < -0.4 is 15.4 Å². The van der Waals surface area contributed by atoms with Crippen molar-refractivity contribution in [2.45, 2.75) is 38.9 Å². The molecular weight excluding hydrogens is 340 g/mol. The van der Waals surface area contributed by atoms with Gasteiger partial charge in [0.05, 0.1) is 6.61 Å². The molecule has 0 unspecified atom stereocenters. The SMILES string of the molecule is CCOc1ncccc1CNC(=O)NC1CCN(Cc2ccccc2)CC1. The summed E-state index contributed by atoms with van der Waals surface area (Å²) < 4.78 is 5.49. The predicted molar refractivity (Wildman–Crippen MR) is 106 cm³/mol. The maximum absolute atomic E-state index is 12.2. The third-order valence-corrected chi connectivity index (χ3v) is 4.74. The van der Waals surface area contributed by atoms with Crippen molar-refractivity contribution >= 4 is 6.03 Å². The number of carbonyl (C=O) groups excluding carboxylic acids is 1. The quantitative estimate of drug-likeness (QED) is 0.789. The minimum absolute atomic E-state index is 0.136. The number of nitrogens with zero attached hydrogens (tertiary/aromatic N) is 2. The van der Waals surface area contributed by atoms with E-state index in [4.69, 9.17) is 4.74 Å². The van der Waals surface area contributed by atoms with E-state index in [9.17, 15) is 4.79 Å². The van der Waals surface area contributed by atoms with Crippen LogP contribution in [0.3, 0.4) is 0 Å². The largest absolute Gasteiger partial charge is 0.478 e. The predicted octanol–water partition coefficient (Wildman–Crippen LogP) is 2.94. The number of ether oxygens (including phenoxy) is 1. The number of hydrogen-bond acceptors (Lipinski definition) is 4. The molecule has 2 amide bonds. The number of hydrogen-bond donors (Lipinski definition) is 2. The molecule has 0 saturated carbocycles. The molecule has 2 heterocycles. The number of aromatic nitrogens is 1. The highest BCUT2D eigenvalue weighted by Crippen LogP contribution is 2.15. The molecular formula is C21H28N4O2. The van der Waals surface area contributed by atoms with Gasteiger partial charge in [-0.3, -0.25) is 4.90 Å². The van der Waals surface area contributed by atoms with E-state index in [0.29, 0.717) is 19.0 Å². The summed E-state index contributed by atoms with van der Waals surface area (Å²) in [4.78, 5) is 18.9. The fourth-order valence-electron chi connectivity index (χ4n) is 3.31. The molecule has 144 valence electrons. The molecule has 1 aromatic carbocycles. The van der Waals surface area contributed by atoms with Crippen molar-refractivity contribution in [3.05, 3.63) is 59.8 Å². The van der Waals surface area contributed by atoms with Crippen molar-refractivity contribution in [1.29, 1.82) is 0 Å². The summed E-state index contributed by atoms with van der Waals surface area (Å²) in [6.07, 6.45) is 3.63. The molecule has 0 radical (unpaired) electrons. The minimum Gasteiger partial charge on any atom is -0.478 e. The molecule has 27 heavy (non-hydrogen) atoms. The van der Waals surface area contributed by atoms with E-state index in [0.717, 1.165) is 38.0 Å².